The summed E-state index contributed by atoms with van der Waals surface area (Å²) in [5.41, 5.74) is 1.25. The molecule has 1 unspecified atom stereocenters. The number of fused-ring (bicyclic) bond motifs is 1. The molecule has 0 aliphatic heterocycles. The lowest BCUT2D eigenvalue weighted by Gasteiger charge is -2.08. The summed E-state index contributed by atoms with van der Waals surface area (Å²) in [5, 5.41) is 24.1. The van der Waals surface area contributed by atoms with Crippen molar-refractivity contribution in [1.82, 2.24) is 4.98 Å². The number of aliphatic hydroxyl groups excluding tert-OH is 1. The Kier molecular flexibility index (Phi) is 3.96. The molecule has 0 amide bonds. The summed E-state index contributed by atoms with van der Waals surface area (Å²) < 4.78 is 0.810. The van der Waals surface area contributed by atoms with Gasteiger partial charge in [-0.05, 0) is 26.3 Å². The lowest BCUT2D eigenvalue weighted by molar-refractivity contribution is -0.383. The Morgan fingerprint density at radius 1 is 1.58 bits per heavy atom. The third-order valence-electron chi connectivity index (χ3n) is 2.69. The fourth-order valence-corrected chi connectivity index (χ4v) is 2.63. The molecule has 2 N–H and O–H groups in total. The van der Waals surface area contributed by atoms with Crippen LogP contribution >= 0.6 is 11.3 Å². The standard InChI is InChI=1S/C12H15N3O3S/c1-7(16)3-4-13-9-5-10-12(19-8(2)14-10)6-11(9)15(17)18/h5-7,13,16H,3-4H2,1-2H3. The molecule has 0 saturated carbocycles. The van der Waals surface area contributed by atoms with Crippen molar-refractivity contribution in [2.75, 3.05) is 11.9 Å². The molecular weight excluding hydrogens is 266 g/mol. The van der Waals surface area contributed by atoms with Crippen LogP contribution in [-0.2, 0) is 0 Å². The van der Waals surface area contributed by atoms with Gasteiger partial charge in [0.25, 0.3) is 5.69 Å². The van der Waals surface area contributed by atoms with Gasteiger partial charge >= 0.3 is 0 Å². The Balaban J connectivity index is 2.33. The summed E-state index contributed by atoms with van der Waals surface area (Å²) in [6.45, 7) is 4.03. The van der Waals surface area contributed by atoms with E-state index in [0.717, 1.165) is 15.2 Å². The predicted octanol–water partition coefficient (Wildman–Crippen LogP) is 2.70. The number of nitro benzene ring substituents is 1. The fourth-order valence-electron chi connectivity index (χ4n) is 1.79. The maximum Gasteiger partial charge on any atom is 0.293 e. The molecule has 1 atom stereocenters. The zero-order chi connectivity index (χ0) is 14.0. The summed E-state index contributed by atoms with van der Waals surface area (Å²) in [6.07, 6.45) is 0.0995. The van der Waals surface area contributed by atoms with E-state index < -0.39 is 11.0 Å². The third-order valence-corrected chi connectivity index (χ3v) is 3.62. The number of rotatable bonds is 5. The van der Waals surface area contributed by atoms with E-state index in [1.165, 1.54) is 11.3 Å². The van der Waals surface area contributed by atoms with E-state index in [-0.39, 0.29) is 5.69 Å². The number of hydrogen-bond donors (Lipinski definition) is 2. The number of thiazole rings is 1. The molecule has 19 heavy (non-hydrogen) atoms. The van der Waals surface area contributed by atoms with Crippen LogP contribution < -0.4 is 5.32 Å². The normalized spacial score (nSPS) is 12.6. The number of nitrogens with zero attached hydrogens (tertiary/aromatic N) is 2. The first-order chi connectivity index (χ1) is 8.97. The number of benzene rings is 1. The first-order valence-electron chi connectivity index (χ1n) is 5.95. The molecule has 102 valence electrons. The van der Waals surface area contributed by atoms with Gasteiger partial charge in [0.1, 0.15) is 5.69 Å². The summed E-state index contributed by atoms with van der Waals surface area (Å²) in [5.74, 6) is 0. The van der Waals surface area contributed by atoms with Gasteiger partial charge in [-0.15, -0.1) is 11.3 Å². The van der Waals surface area contributed by atoms with Crippen LogP contribution in [0.2, 0.25) is 0 Å². The highest BCUT2D eigenvalue weighted by Gasteiger charge is 2.16. The molecule has 0 aliphatic rings. The van der Waals surface area contributed by atoms with E-state index in [4.69, 9.17) is 0 Å². The molecule has 6 nitrogen and oxygen atoms in total. The summed E-state index contributed by atoms with van der Waals surface area (Å²) in [7, 11) is 0. The largest absolute Gasteiger partial charge is 0.393 e. The van der Waals surface area contributed by atoms with E-state index in [9.17, 15) is 15.2 Å². The smallest absolute Gasteiger partial charge is 0.293 e. The van der Waals surface area contributed by atoms with Crippen LogP contribution in [0.1, 0.15) is 18.4 Å². The molecule has 2 rings (SSSR count). The number of hydrogen-bond acceptors (Lipinski definition) is 6. The Morgan fingerprint density at radius 2 is 2.32 bits per heavy atom. The van der Waals surface area contributed by atoms with Gasteiger partial charge in [-0.25, -0.2) is 4.98 Å². The van der Waals surface area contributed by atoms with Crippen molar-refractivity contribution < 1.29 is 10.0 Å². The second-order valence-corrected chi connectivity index (χ2v) is 5.63. The van der Waals surface area contributed by atoms with Crippen LogP contribution in [0.3, 0.4) is 0 Å². The maximum atomic E-state index is 11.1. The van der Waals surface area contributed by atoms with Crippen molar-refractivity contribution >= 4 is 32.9 Å². The molecule has 7 heteroatoms. The molecule has 2 aromatic rings. The van der Waals surface area contributed by atoms with Crippen molar-refractivity contribution in [3.63, 3.8) is 0 Å². The number of nitro groups is 1. The number of aryl methyl sites for hydroxylation is 1. The fraction of sp³-hybridized carbons (Fsp3) is 0.417. The van der Waals surface area contributed by atoms with Crippen molar-refractivity contribution in [1.29, 1.82) is 0 Å². The first-order valence-corrected chi connectivity index (χ1v) is 6.76. The molecule has 1 aromatic heterocycles. The summed E-state index contributed by atoms with van der Waals surface area (Å²) in [6, 6.07) is 3.24. The van der Waals surface area contributed by atoms with Crippen LogP contribution in [0.15, 0.2) is 12.1 Å². The molecule has 0 aliphatic carbocycles. The third kappa shape index (κ3) is 3.18. The Bertz CT molecular complexity index is 610. The van der Waals surface area contributed by atoms with Crippen LogP contribution in [-0.4, -0.2) is 27.7 Å². The zero-order valence-corrected chi connectivity index (χ0v) is 11.5. The van der Waals surface area contributed by atoms with E-state index in [0.29, 0.717) is 18.7 Å². The van der Waals surface area contributed by atoms with Crippen molar-refractivity contribution in [2.24, 2.45) is 0 Å². The van der Waals surface area contributed by atoms with E-state index in [2.05, 4.69) is 10.3 Å². The summed E-state index contributed by atoms with van der Waals surface area (Å²) in [4.78, 5) is 15.0. The van der Waals surface area contributed by atoms with Crippen molar-refractivity contribution in [2.45, 2.75) is 26.4 Å². The van der Waals surface area contributed by atoms with Gasteiger partial charge in [0, 0.05) is 12.6 Å². The highest BCUT2D eigenvalue weighted by Crippen LogP contribution is 2.32. The molecular formula is C12H15N3O3S. The lowest BCUT2D eigenvalue weighted by Crippen LogP contribution is -2.10. The minimum atomic E-state index is -0.434. The molecule has 1 heterocycles. The Hall–Kier alpha value is -1.73. The van der Waals surface area contributed by atoms with Crippen LogP contribution in [0, 0.1) is 17.0 Å². The number of aliphatic hydroxyl groups is 1. The number of anilines is 1. The molecule has 0 spiro atoms. The maximum absolute atomic E-state index is 11.1. The van der Waals surface area contributed by atoms with Gasteiger partial charge in [0.2, 0.25) is 0 Å². The van der Waals surface area contributed by atoms with Crippen molar-refractivity contribution in [3.05, 3.63) is 27.3 Å². The summed E-state index contributed by atoms with van der Waals surface area (Å²) >= 11 is 1.44. The SMILES string of the molecule is Cc1nc2cc(NCCC(C)O)c([N+](=O)[O-])cc2s1. The second kappa shape index (κ2) is 5.50. The van der Waals surface area contributed by atoms with Gasteiger partial charge in [-0.2, -0.15) is 0 Å². The van der Waals surface area contributed by atoms with Gasteiger partial charge in [0.15, 0.2) is 0 Å². The quantitative estimate of drug-likeness (QED) is 0.649. The topological polar surface area (TPSA) is 88.3 Å². The van der Waals surface area contributed by atoms with E-state index >= 15 is 0 Å². The predicted molar refractivity (Wildman–Crippen MR) is 75.8 cm³/mol. The van der Waals surface area contributed by atoms with E-state index in [1.807, 2.05) is 6.92 Å². The number of aromatic nitrogens is 1. The molecule has 1 aromatic carbocycles. The average Bonchev–Trinajstić information content (AvgIpc) is 2.66. The first kappa shape index (κ1) is 13.7. The van der Waals surface area contributed by atoms with Crippen LogP contribution in [0.5, 0.6) is 0 Å². The number of nitrogens with one attached hydrogen (secondary N) is 1. The minimum absolute atomic E-state index is 0.0433. The van der Waals surface area contributed by atoms with Crippen LogP contribution in [0.25, 0.3) is 10.2 Å². The Labute approximate surface area is 114 Å². The lowest BCUT2D eigenvalue weighted by atomic mass is 10.2. The van der Waals surface area contributed by atoms with Gasteiger partial charge in [-0.1, -0.05) is 0 Å². The van der Waals surface area contributed by atoms with Gasteiger partial charge in [-0.3, -0.25) is 10.1 Å². The van der Waals surface area contributed by atoms with E-state index in [1.54, 1.807) is 19.1 Å². The Morgan fingerprint density at radius 3 is 2.95 bits per heavy atom. The zero-order valence-electron chi connectivity index (χ0n) is 10.7. The molecule has 0 bridgehead atoms. The molecule has 0 saturated heterocycles. The monoisotopic (exact) mass is 281 g/mol. The highest BCUT2D eigenvalue weighted by molar-refractivity contribution is 7.18. The van der Waals surface area contributed by atoms with Gasteiger partial charge < -0.3 is 10.4 Å². The highest BCUT2D eigenvalue weighted by atomic mass is 32.1. The molecule has 0 fully saturated rings. The average molecular weight is 281 g/mol. The van der Waals surface area contributed by atoms with Gasteiger partial charge in [0.05, 0.1) is 26.3 Å². The molecule has 0 radical (unpaired) electrons. The second-order valence-electron chi connectivity index (χ2n) is 4.39. The minimum Gasteiger partial charge on any atom is -0.393 e. The van der Waals surface area contributed by atoms with Crippen molar-refractivity contribution in [3.8, 4) is 0 Å². The van der Waals surface area contributed by atoms with Crippen LogP contribution in [0.4, 0.5) is 11.4 Å².